The molecule has 0 aromatic heterocycles. The normalized spacial score (nSPS) is 29.7. The van der Waals surface area contributed by atoms with Crippen LogP contribution < -0.4 is 0 Å². The Kier molecular flexibility index (Phi) is 4.37. The summed E-state index contributed by atoms with van der Waals surface area (Å²) >= 11 is 3.61. The Hall–Kier alpha value is -1.43. The molecule has 0 spiro atoms. The molecule has 3 nitrogen and oxygen atoms in total. The van der Waals surface area contributed by atoms with E-state index in [1.165, 1.54) is 0 Å². The zero-order valence-electron chi connectivity index (χ0n) is 14.7. The lowest BCUT2D eigenvalue weighted by atomic mass is 9.81. The molecule has 26 heavy (non-hydrogen) atoms. The number of sulfone groups is 1. The molecule has 0 N–H and O–H groups in total. The third-order valence-corrected chi connectivity index (χ3v) is 8.33. The van der Waals surface area contributed by atoms with E-state index >= 15 is 0 Å². The molecule has 1 aliphatic heterocycles. The minimum atomic E-state index is -3.46. The van der Waals surface area contributed by atoms with Gasteiger partial charge in [-0.15, -0.1) is 0 Å². The average molecular weight is 433 g/mol. The van der Waals surface area contributed by atoms with Crippen LogP contribution in [0.25, 0.3) is 0 Å². The fourth-order valence-corrected chi connectivity index (χ4v) is 6.92. The van der Waals surface area contributed by atoms with E-state index in [-0.39, 0.29) is 17.9 Å². The van der Waals surface area contributed by atoms with Gasteiger partial charge in [0.25, 0.3) is 0 Å². The Bertz CT molecular complexity index is 950. The first-order valence-corrected chi connectivity index (χ1v) is 11.1. The Balaban J connectivity index is 1.74. The number of ether oxygens (including phenoxy) is 1. The van der Waals surface area contributed by atoms with E-state index in [1.54, 1.807) is 24.3 Å². The summed E-state index contributed by atoms with van der Waals surface area (Å²) in [4.78, 5) is 0.371. The van der Waals surface area contributed by atoms with Crippen LogP contribution in [0.2, 0.25) is 0 Å². The van der Waals surface area contributed by atoms with Gasteiger partial charge in [-0.25, -0.2) is 8.42 Å². The Morgan fingerprint density at radius 2 is 1.62 bits per heavy atom. The molecular formula is C21H21BrO3S. The molecule has 0 saturated carbocycles. The molecule has 5 heteroatoms. The summed E-state index contributed by atoms with van der Waals surface area (Å²) in [6.45, 7) is 4.00. The van der Waals surface area contributed by atoms with E-state index in [0.717, 1.165) is 10.0 Å². The van der Waals surface area contributed by atoms with Crippen LogP contribution in [0, 0.1) is 11.8 Å². The summed E-state index contributed by atoms with van der Waals surface area (Å²) in [7, 11) is -3.46. The molecule has 136 valence electrons. The number of halogens is 1. The van der Waals surface area contributed by atoms with Gasteiger partial charge in [-0.2, -0.15) is 0 Å². The van der Waals surface area contributed by atoms with Gasteiger partial charge in [0, 0.05) is 16.3 Å². The first kappa shape index (κ1) is 18.0. The van der Waals surface area contributed by atoms with Crippen molar-refractivity contribution in [3.05, 3.63) is 76.8 Å². The highest BCUT2D eigenvalue weighted by Crippen LogP contribution is 2.55. The number of benzene rings is 2. The number of hydrogen-bond acceptors (Lipinski definition) is 3. The molecule has 2 aromatic rings. The van der Waals surface area contributed by atoms with Crippen molar-refractivity contribution in [2.24, 2.45) is 11.8 Å². The lowest BCUT2D eigenvalue weighted by Gasteiger charge is -2.30. The molecule has 0 bridgehead atoms. The fraction of sp³-hybridized carbons (Fsp3) is 0.333. The van der Waals surface area contributed by atoms with Gasteiger partial charge in [0.2, 0.25) is 0 Å². The SMILES string of the molecule is CC1(C)O[C@H](c2ccccc2Br)C2C=C[C@H](S(=O)(=O)c3ccccc3)C21. The fourth-order valence-electron chi connectivity index (χ4n) is 4.37. The van der Waals surface area contributed by atoms with Crippen molar-refractivity contribution in [2.45, 2.75) is 35.7 Å². The van der Waals surface area contributed by atoms with E-state index in [9.17, 15) is 8.42 Å². The number of hydrogen-bond donors (Lipinski definition) is 0. The van der Waals surface area contributed by atoms with E-state index in [4.69, 9.17) is 4.74 Å². The number of rotatable bonds is 3. The van der Waals surface area contributed by atoms with Crippen molar-refractivity contribution in [1.82, 2.24) is 0 Å². The van der Waals surface area contributed by atoms with E-state index in [0.29, 0.717) is 4.90 Å². The molecule has 4 atom stereocenters. The Labute approximate surface area is 163 Å². The third kappa shape index (κ3) is 2.77. The first-order valence-electron chi connectivity index (χ1n) is 8.72. The minimum Gasteiger partial charge on any atom is -0.367 e. The van der Waals surface area contributed by atoms with Gasteiger partial charge in [0.05, 0.1) is 21.9 Å². The van der Waals surface area contributed by atoms with Gasteiger partial charge in [-0.1, -0.05) is 64.5 Å². The summed E-state index contributed by atoms with van der Waals surface area (Å²) in [5, 5.41) is -0.572. The van der Waals surface area contributed by atoms with Gasteiger partial charge in [-0.05, 0) is 37.6 Å². The minimum absolute atomic E-state index is 0.0344. The van der Waals surface area contributed by atoms with E-state index in [2.05, 4.69) is 15.9 Å². The lowest BCUT2D eigenvalue weighted by Crippen LogP contribution is -2.39. The van der Waals surface area contributed by atoms with E-state index < -0.39 is 20.7 Å². The molecule has 2 aromatic carbocycles. The van der Waals surface area contributed by atoms with Crippen molar-refractivity contribution in [3.8, 4) is 0 Å². The maximum atomic E-state index is 13.3. The topological polar surface area (TPSA) is 43.4 Å². The molecular weight excluding hydrogens is 412 g/mol. The summed E-state index contributed by atoms with van der Waals surface area (Å²) in [6, 6.07) is 16.7. The lowest BCUT2D eigenvalue weighted by molar-refractivity contribution is -0.0340. The van der Waals surface area contributed by atoms with Crippen LogP contribution in [0.3, 0.4) is 0 Å². The smallest absolute Gasteiger partial charge is 0.185 e. The molecule has 4 rings (SSSR count). The summed E-state index contributed by atoms with van der Waals surface area (Å²) < 4.78 is 33.9. The molecule has 0 radical (unpaired) electrons. The second kappa shape index (κ2) is 6.32. The molecule has 0 amide bonds. The molecule has 1 saturated heterocycles. The van der Waals surface area contributed by atoms with Crippen molar-refractivity contribution in [1.29, 1.82) is 0 Å². The van der Waals surface area contributed by atoms with Gasteiger partial charge >= 0.3 is 0 Å². The van der Waals surface area contributed by atoms with Crippen molar-refractivity contribution in [3.63, 3.8) is 0 Å². The Morgan fingerprint density at radius 1 is 0.962 bits per heavy atom. The summed E-state index contributed by atoms with van der Waals surface area (Å²) in [5.41, 5.74) is 0.524. The molecule has 1 aliphatic carbocycles. The number of fused-ring (bicyclic) bond motifs is 1. The predicted octanol–water partition coefficient (Wildman–Crippen LogP) is 4.94. The maximum absolute atomic E-state index is 13.3. The van der Waals surface area contributed by atoms with Crippen molar-refractivity contribution in [2.75, 3.05) is 0 Å². The van der Waals surface area contributed by atoms with Crippen LogP contribution in [0.5, 0.6) is 0 Å². The quantitative estimate of drug-likeness (QED) is 0.644. The average Bonchev–Trinajstić information content (AvgIpc) is 3.17. The highest BCUT2D eigenvalue weighted by molar-refractivity contribution is 9.10. The van der Waals surface area contributed by atoms with Crippen LogP contribution in [-0.2, 0) is 14.6 Å². The van der Waals surface area contributed by atoms with Crippen LogP contribution >= 0.6 is 15.9 Å². The maximum Gasteiger partial charge on any atom is 0.185 e. The van der Waals surface area contributed by atoms with Gasteiger partial charge in [0.1, 0.15) is 0 Å². The van der Waals surface area contributed by atoms with Crippen LogP contribution in [-0.4, -0.2) is 19.3 Å². The molecule has 2 unspecified atom stereocenters. The van der Waals surface area contributed by atoms with Crippen molar-refractivity contribution < 1.29 is 13.2 Å². The zero-order valence-corrected chi connectivity index (χ0v) is 17.1. The Morgan fingerprint density at radius 3 is 2.31 bits per heavy atom. The molecule has 1 fully saturated rings. The van der Waals surface area contributed by atoms with Gasteiger partial charge in [-0.3, -0.25) is 0 Å². The van der Waals surface area contributed by atoms with Crippen molar-refractivity contribution >= 4 is 25.8 Å². The molecule has 2 aliphatic rings. The second-order valence-corrected chi connectivity index (χ2v) is 10.4. The standard InChI is InChI=1S/C21H21BrO3S/c1-21(2)19-16(20(25-21)15-10-6-7-11-17(15)22)12-13-18(19)26(23,24)14-8-4-3-5-9-14/h3-13,16,18-20H,1-2H3/t16?,18-,19?,20+/m0/s1. The largest absolute Gasteiger partial charge is 0.367 e. The zero-order chi connectivity index (χ0) is 18.5. The van der Waals surface area contributed by atoms with Crippen LogP contribution in [0.1, 0.15) is 25.5 Å². The third-order valence-electron chi connectivity index (χ3n) is 5.52. The molecule has 1 heterocycles. The summed E-state index contributed by atoms with van der Waals surface area (Å²) in [6.07, 6.45) is 3.75. The first-order chi connectivity index (χ1) is 12.3. The highest BCUT2D eigenvalue weighted by atomic mass is 79.9. The van der Waals surface area contributed by atoms with Crippen LogP contribution in [0.15, 0.2) is 76.1 Å². The monoisotopic (exact) mass is 432 g/mol. The van der Waals surface area contributed by atoms with Gasteiger partial charge < -0.3 is 4.74 Å². The highest BCUT2D eigenvalue weighted by Gasteiger charge is 2.57. The van der Waals surface area contributed by atoms with Gasteiger partial charge in [0.15, 0.2) is 9.84 Å². The predicted molar refractivity (Wildman–Crippen MR) is 106 cm³/mol. The summed E-state index contributed by atoms with van der Waals surface area (Å²) in [5.74, 6) is -0.0861. The second-order valence-electron chi connectivity index (χ2n) is 7.47. The van der Waals surface area contributed by atoms with E-state index in [1.807, 2.05) is 56.3 Å². The van der Waals surface area contributed by atoms with Crippen LogP contribution in [0.4, 0.5) is 0 Å².